The SMILES string of the molecule is CC(C)[C@H](C(=O)O)N(C)C1CC(CN2CCC(c3cnc(Cc4ccccc4F)s3)CC2)C(c2cccc(F)c2)C1. The fraction of sp³-hybridized carbons (Fsp3) is 0.515. The van der Waals surface area contributed by atoms with E-state index in [9.17, 15) is 18.7 Å². The Labute approximate surface area is 246 Å². The van der Waals surface area contributed by atoms with Crippen molar-refractivity contribution in [3.63, 3.8) is 0 Å². The Morgan fingerprint density at radius 2 is 1.88 bits per heavy atom. The summed E-state index contributed by atoms with van der Waals surface area (Å²) in [6, 6.07) is 13.4. The van der Waals surface area contributed by atoms with Crippen molar-refractivity contribution in [3.8, 4) is 0 Å². The summed E-state index contributed by atoms with van der Waals surface area (Å²) >= 11 is 1.70. The lowest BCUT2D eigenvalue weighted by molar-refractivity contribution is -0.145. The van der Waals surface area contributed by atoms with Gasteiger partial charge in [0.1, 0.15) is 17.7 Å². The van der Waals surface area contributed by atoms with Gasteiger partial charge in [-0.05, 0) is 98.8 Å². The Kier molecular flexibility index (Phi) is 9.52. The van der Waals surface area contributed by atoms with Crippen LogP contribution in [0.4, 0.5) is 8.78 Å². The van der Waals surface area contributed by atoms with Crippen LogP contribution in [0.1, 0.15) is 72.4 Å². The number of thiazole rings is 1. The number of carboxylic acid groups (broad SMARTS) is 1. The Morgan fingerprint density at radius 1 is 1.12 bits per heavy atom. The summed E-state index contributed by atoms with van der Waals surface area (Å²) in [7, 11) is 1.94. The van der Waals surface area contributed by atoms with E-state index < -0.39 is 12.0 Å². The number of carboxylic acids is 1. The Morgan fingerprint density at radius 3 is 2.56 bits per heavy atom. The first-order valence-electron chi connectivity index (χ1n) is 14.8. The number of nitrogens with zero attached hydrogens (tertiary/aromatic N) is 3. The molecular formula is C33H41F2N3O2S. The molecule has 2 heterocycles. The lowest BCUT2D eigenvalue weighted by Gasteiger charge is -2.35. The number of aliphatic carboxylic acids is 1. The molecule has 1 aromatic heterocycles. The summed E-state index contributed by atoms with van der Waals surface area (Å²) in [6.07, 6.45) is 6.35. The summed E-state index contributed by atoms with van der Waals surface area (Å²) in [5.41, 5.74) is 1.70. The lowest BCUT2D eigenvalue weighted by atomic mass is 9.87. The van der Waals surface area contributed by atoms with Gasteiger partial charge in [0.25, 0.3) is 0 Å². The van der Waals surface area contributed by atoms with Gasteiger partial charge in [-0.15, -0.1) is 11.3 Å². The van der Waals surface area contributed by atoms with Gasteiger partial charge in [-0.2, -0.15) is 0 Å². The molecule has 0 spiro atoms. The van der Waals surface area contributed by atoms with Crippen molar-refractivity contribution >= 4 is 17.3 Å². The topological polar surface area (TPSA) is 56.7 Å². The average Bonchev–Trinajstić information content (AvgIpc) is 3.58. The van der Waals surface area contributed by atoms with Crippen LogP contribution in [0, 0.1) is 23.5 Å². The van der Waals surface area contributed by atoms with Crippen LogP contribution in [-0.4, -0.2) is 64.6 Å². The molecule has 1 saturated carbocycles. The van der Waals surface area contributed by atoms with Crippen LogP contribution in [-0.2, 0) is 11.2 Å². The Hall–Kier alpha value is -2.68. The number of benzene rings is 2. The third kappa shape index (κ3) is 7.04. The quantitative estimate of drug-likeness (QED) is 0.286. The highest BCUT2D eigenvalue weighted by Gasteiger charge is 2.41. The van der Waals surface area contributed by atoms with Gasteiger partial charge in [-0.3, -0.25) is 9.69 Å². The lowest BCUT2D eigenvalue weighted by Crippen LogP contribution is -2.47. The highest BCUT2D eigenvalue weighted by Crippen LogP contribution is 2.44. The van der Waals surface area contributed by atoms with Crippen molar-refractivity contribution < 1.29 is 18.7 Å². The van der Waals surface area contributed by atoms with Crippen molar-refractivity contribution in [3.05, 3.63) is 87.4 Å². The third-order valence-electron chi connectivity index (χ3n) is 9.20. The first-order chi connectivity index (χ1) is 19.7. The molecule has 5 nitrogen and oxygen atoms in total. The second-order valence-corrected chi connectivity index (χ2v) is 13.4. The maximum atomic E-state index is 14.2. The molecular weight excluding hydrogens is 540 g/mol. The van der Waals surface area contributed by atoms with Gasteiger partial charge in [-0.25, -0.2) is 13.8 Å². The molecule has 220 valence electrons. The molecule has 41 heavy (non-hydrogen) atoms. The number of aromatic nitrogens is 1. The molecule has 3 aromatic rings. The van der Waals surface area contributed by atoms with Crippen molar-refractivity contribution in [1.29, 1.82) is 0 Å². The minimum absolute atomic E-state index is 0.00201. The number of halogens is 2. The molecule has 2 aromatic carbocycles. The van der Waals surface area contributed by atoms with Crippen molar-refractivity contribution in [1.82, 2.24) is 14.8 Å². The van der Waals surface area contributed by atoms with Crippen LogP contribution in [0.5, 0.6) is 0 Å². The number of rotatable bonds is 10. The molecule has 8 heteroatoms. The Bertz CT molecular complexity index is 1320. The van der Waals surface area contributed by atoms with Crippen molar-refractivity contribution in [2.45, 2.75) is 69.9 Å². The molecule has 4 atom stereocenters. The van der Waals surface area contributed by atoms with E-state index in [-0.39, 0.29) is 29.5 Å². The molecule has 5 rings (SSSR count). The van der Waals surface area contributed by atoms with Gasteiger partial charge < -0.3 is 10.0 Å². The van der Waals surface area contributed by atoms with Gasteiger partial charge in [0.05, 0.1) is 5.01 Å². The van der Waals surface area contributed by atoms with Gasteiger partial charge >= 0.3 is 5.97 Å². The maximum absolute atomic E-state index is 14.2. The zero-order valence-electron chi connectivity index (χ0n) is 24.2. The smallest absolute Gasteiger partial charge is 0.321 e. The fourth-order valence-corrected chi connectivity index (χ4v) is 8.18. The third-order valence-corrected chi connectivity index (χ3v) is 10.4. The predicted molar refractivity (Wildman–Crippen MR) is 159 cm³/mol. The number of hydrogen-bond donors (Lipinski definition) is 1. The van der Waals surface area contributed by atoms with E-state index in [4.69, 9.17) is 0 Å². The number of hydrogen-bond acceptors (Lipinski definition) is 5. The summed E-state index contributed by atoms with van der Waals surface area (Å²) in [5, 5.41) is 10.9. The number of piperidine rings is 1. The summed E-state index contributed by atoms with van der Waals surface area (Å²) < 4.78 is 28.3. The zero-order chi connectivity index (χ0) is 29.1. The van der Waals surface area contributed by atoms with Crippen LogP contribution in [0.2, 0.25) is 0 Å². The molecule has 2 aliphatic rings. The second-order valence-electron chi connectivity index (χ2n) is 12.2. The van der Waals surface area contributed by atoms with E-state index in [0.717, 1.165) is 55.9 Å². The van der Waals surface area contributed by atoms with E-state index in [1.165, 1.54) is 17.0 Å². The first kappa shape index (κ1) is 29.8. The minimum Gasteiger partial charge on any atom is -0.480 e. The maximum Gasteiger partial charge on any atom is 0.321 e. The second kappa shape index (κ2) is 13.1. The van der Waals surface area contributed by atoms with Crippen molar-refractivity contribution in [2.24, 2.45) is 11.8 Å². The fourth-order valence-electron chi connectivity index (χ4n) is 7.06. The number of likely N-dealkylation sites (N-methyl/N-ethyl adjacent to an activating group) is 1. The van der Waals surface area contributed by atoms with Crippen LogP contribution in [0.25, 0.3) is 0 Å². The van der Waals surface area contributed by atoms with Gasteiger partial charge in [0.15, 0.2) is 0 Å². The summed E-state index contributed by atoms with van der Waals surface area (Å²) in [5.74, 6) is -0.196. The standard InChI is InChI=1S/C33H41F2N3O2S/c1-21(2)32(33(39)40)37(3)27-16-25(28(18-27)23-8-6-9-26(34)15-23)20-38-13-11-22(12-14-38)30-19-36-31(41-30)17-24-7-4-5-10-29(24)35/h4-10,15,19,21-22,25,27-28,32H,11-14,16-18,20H2,1-3H3,(H,39,40)/t25?,27?,28?,32-/m1/s1. The van der Waals surface area contributed by atoms with Gasteiger partial charge in [0, 0.05) is 30.1 Å². The molecule has 2 fully saturated rings. The molecule has 3 unspecified atom stereocenters. The van der Waals surface area contributed by atoms with Crippen LogP contribution < -0.4 is 0 Å². The zero-order valence-corrected chi connectivity index (χ0v) is 25.0. The highest BCUT2D eigenvalue weighted by atomic mass is 32.1. The van der Waals surface area contributed by atoms with Gasteiger partial charge in [0.2, 0.25) is 0 Å². The number of carbonyl (C=O) groups is 1. The summed E-state index contributed by atoms with van der Waals surface area (Å²) in [6.45, 7) is 6.83. The van der Waals surface area contributed by atoms with Crippen LogP contribution in [0.3, 0.4) is 0 Å². The highest BCUT2D eigenvalue weighted by molar-refractivity contribution is 7.11. The largest absolute Gasteiger partial charge is 0.480 e. The first-order valence-corrected chi connectivity index (χ1v) is 15.6. The van der Waals surface area contributed by atoms with Crippen LogP contribution in [0.15, 0.2) is 54.7 Å². The Balaban J connectivity index is 1.23. The normalized spacial score (nSPS) is 23.0. The predicted octanol–water partition coefficient (Wildman–Crippen LogP) is 6.79. The van der Waals surface area contributed by atoms with E-state index in [2.05, 4.69) is 9.88 Å². The minimum atomic E-state index is -0.782. The molecule has 1 N–H and O–H groups in total. The van der Waals surface area contributed by atoms with E-state index in [0.29, 0.717) is 23.8 Å². The average molecular weight is 582 g/mol. The summed E-state index contributed by atoms with van der Waals surface area (Å²) in [4.78, 5) is 22.5. The van der Waals surface area contributed by atoms with E-state index in [1.807, 2.05) is 50.2 Å². The number of likely N-dealkylation sites (tertiary alicyclic amines) is 1. The molecule has 1 aliphatic carbocycles. The monoisotopic (exact) mass is 581 g/mol. The van der Waals surface area contributed by atoms with Crippen LogP contribution >= 0.6 is 11.3 Å². The molecule has 0 amide bonds. The molecule has 0 bridgehead atoms. The van der Waals surface area contributed by atoms with E-state index >= 15 is 0 Å². The molecule has 1 saturated heterocycles. The molecule has 0 radical (unpaired) electrons. The van der Waals surface area contributed by atoms with Crippen molar-refractivity contribution in [2.75, 3.05) is 26.7 Å². The van der Waals surface area contributed by atoms with E-state index in [1.54, 1.807) is 29.5 Å². The molecule has 1 aliphatic heterocycles. The van der Waals surface area contributed by atoms with Gasteiger partial charge in [-0.1, -0.05) is 44.2 Å².